The summed E-state index contributed by atoms with van der Waals surface area (Å²) < 4.78 is 23.9. The lowest BCUT2D eigenvalue weighted by Crippen LogP contribution is -2.39. The van der Waals surface area contributed by atoms with Crippen LogP contribution in [0.4, 0.5) is 4.39 Å². The number of alkyl halides is 3. The lowest BCUT2D eigenvalue weighted by atomic mass is 10.2. The first-order valence-corrected chi connectivity index (χ1v) is 12.0. The second-order valence-corrected chi connectivity index (χ2v) is 13.8. The van der Waals surface area contributed by atoms with Gasteiger partial charge in [0.2, 0.25) is 3.49 Å². The van der Waals surface area contributed by atoms with Gasteiger partial charge in [0.15, 0.2) is 8.32 Å². The number of hydrogen-bond acceptors (Lipinski definition) is 2. The van der Waals surface area contributed by atoms with E-state index < -0.39 is 17.9 Å². The van der Waals surface area contributed by atoms with Crippen molar-refractivity contribution >= 4 is 40.2 Å². The van der Waals surface area contributed by atoms with Crippen molar-refractivity contribution in [1.82, 2.24) is 0 Å². The smallest absolute Gasteiger partial charge is 0.243 e. The Morgan fingerprint density at radius 2 is 1.81 bits per heavy atom. The van der Waals surface area contributed by atoms with Gasteiger partial charge in [0.1, 0.15) is 0 Å². The van der Waals surface area contributed by atoms with E-state index in [4.69, 9.17) is 9.16 Å². The number of halogens is 3. The molecule has 1 rings (SSSR count). The van der Waals surface area contributed by atoms with Gasteiger partial charge in [-0.2, -0.15) is 0 Å². The molecule has 0 aromatic heterocycles. The third-order valence-corrected chi connectivity index (χ3v) is 4.74. The molecule has 6 heteroatoms. The zero-order chi connectivity index (χ0) is 15.9. The molecular formula is C15H23Br2FO2Si. The van der Waals surface area contributed by atoms with Crippen LogP contribution in [0.5, 0.6) is 0 Å². The number of ether oxygens (including phenoxy) is 1. The first-order chi connectivity index (χ1) is 9.68. The van der Waals surface area contributed by atoms with E-state index in [1.807, 2.05) is 30.3 Å². The van der Waals surface area contributed by atoms with Crippen molar-refractivity contribution in [2.24, 2.45) is 0 Å². The van der Waals surface area contributed by atoms with E-state index in [9.17, 15) is 4.39 Å². The molecule has 0 saturated carbocycles. The SMILES string of the molecule is C[Si](C)(C)OC(CCCOCc1ccccc1)C(F)(Br)Br. The lowest BCUT2D eigenvalue weighted by molar-refractivity contribution is 0.0842. The summed E-state index contributed by atoms with van der Waals surface area (Å²) in [5.74, 6) is 0. The third kappa shape index (κ3) is 9.08. The minimum absolute atomic E-state index is 0.510. The van der Waals surface area contributed by atoms with Crippen LogP contribution in [0.2, 0.25) is 19.6 Å². The van der Waals surface area contributed by atoms with E-state index in [1.54, 1.807) is 0 Å². The Labute approximate surface area is 144 Å². The van der Waals surface area contributed by atoms with Crippen LogP contribution in [-0.2, 0) is 15.8 Å². The molecule has 21 heavy (non-hydrogen) atoms. The number of benzene rings is 1. The molecule has 1 unspecified atom stereocenters. The van der Waals surface area contributed by atoms with Gasteiger partial charge in [-0.15, -0.1) is 0 Å². The van der Waals surface area contributed by atoms with E-state index in [0.717, 1.165) is 12.0 Å². The molecule has 1 aromatic rings. The van der Waals surface area contributed by atoms with Gasteiger partial charge in [-0.3, -0.25) is 0 Å². The van der Waals surface area contributed by atoms with Crippen LogP contribution in [0.1, 0.15) is 18.4 Å². The molecule has 120 valence electrons. The van der Waals surface area contributed by atoms with Crippen molar-refractivity contribution in [1.29, 1.82) is 0 Å². The molecule has 0 aliphatic heterocycles. The molecule has 0 spiro atoms. The van der Waals surface area contributed by atoms with Gasteiger partial charge in [-0.1, -0.05) is 30.3 Å². The summed E-state index contributed by atoms with van der Waals surface area (Å²) >= 11 is 6.02. The Kier molecular flexibility index (Phi) is 8.06. The van der Waals surface area contributed by atoms with Crippen LogP contribution in [-0.4, -0.2) is 24.5 Å². The lowest BCUT2D eigenvalue weighted by Gasteiger charge is -2.30. The van der Waals surface area contributed by atoms with Crippen LogP contribution in [0.3, 0.4) is 0 Å². The fraction of sp³-hybridized carbons (Fsp3) is 0.600. The largest absolute Gasteiger partial charge is 0.410 e. The molecule has 0 saturated heterocycles. The molecule has 0 heterocycles. The molecule has 0 radical (unpaired) electrons. The normalized spacial score (nSPS) is 14.2. The van der Waals surface area contributed by atoms with Gasteiger partial charge in [0.05, 0.1) is 12.7 Å². The van der Waals surface area contributed by atoms with Gasteiger partial charge in [0, 0.05) is 6.61 Å². The summed E-state index contributed by atoms with van der Waals surface area (Å²) in [4.78, 5) is 0. The van der Waals surface area contributed by atoms with Crippen molar-refractivity contribution in [2.75, 3.05) is 6.61 Å². The van der Waals surface area contributed by atoms with Gasteiger partial charge < -0.3 is 9.16 Å². The van der Waals surface area contributed by atoms with E-state index in [-0.39, 0.29) is 0 Å². The van der Waals surface area contributed by atoms with E-state index in [0.29, 0.717) is 19.6 Å². The maximum atomic E-state index is 14.0. The zero-order valence-corrected chi connectivity index (χ0v) is 16.9. The summed E-state index contributed by atoms with van der Waals surface area (Å²) in [6.07, 6.45) is 0.848. The summed E-state index contributed by atoms with van der Waals surface area (Å²) in [7, 11) is -1.79. The second-order valence-electron chi connectivity index (χ2n) is 5.94. The fourth-order valence-electron chi connectivity index (χ4n) is 1.85. The highest BCUT2D eigenvalue weighted by Gasteiger charge is 2.37. The van der Waals surface area contributed by atoms with Crippen molar-refractivity contribution in [3.63, 3.8) is 0 Å². The van der Waals surface area contributed by atoms with Crippen molar-refractivity contribution in [3.05, 3.63) is 35.9 Å². The molecular weight excluding hydrogens is 419 g/mol. The van der Waals surface area contributed by atoms with Gasteiger partial charge in [0.25, 0.3) is 0 Å². The summed E-state index contributed by atoms with van der Waals surface area (Å²) in [5.41, 5.74) is 1.15. The van der Waals surface area contributed by atoms with Crippen molar-refractivity contribution < 1.29 is 13.6 Å². The summed E-state index contributed by atoms with van der Waals surface area (Å²) in [6, 6.07) is 10.0. The Hall–Kier alpha value is 0.247. The van der Waals surface area contributed by atoms with E-state index >= 15 is 0 Å². The predicted molar refractivity (Wildman–Crippen MR) is 95.2 cm³/mol. The molecule has 2 nitrogen and oxygen atoms in total. The third-order valence-electron chi connectivity index (χ3n) is 2.73. The van der Waals surface area contributed by atoms with Crippen molar-refractivity contribution in [3.8, 4) is 0 Å². The van der Waals surface area contributed by atoms with Gasteiger partial charge in [-0.25, -0.2) is 4.39 Å². The molecule has 0 aliphatic rings. The van der Waals surface area contributed by atoms with Crippen LogP contribution < -0.4 is 0 Å². The first-order valence-electron chi connectivity index (χ1n) is 7.05. The van der Waals surface area contributed by atoms with Crippen LogP contribution >= 0.6 is 31.9 Å². The highest BCUT2D eigenvalue weighted by Crippen LogP contribution is 2.37. The molecule has 1 atom stereocenters. The van der Waals surface area contributed by atoms with Crippen LogP contribution in [0, 0.1) is 0 Å². The Bertz CT molecular complexity index is 404. The highest BCUT2D eigenvalue weighted by molar-refractivity contribution is 9.25. The summed E-state index contributed by atoms with van der Waals surface area (Å²) in [5, 5.41) is 0. The van der Waals surface area contributed by atoms with Crippen LogP contribution in [0.15, 0.2) is 30.3 Å². The van der Waals surface area contributed by atoms with Crippen LogP contribution in [0.25, 0.3) is 0 Å². The molecule has 0 N–H and O–H groups in total. The average molecular weight is 442 g/mol. The molecule has 0 bridgehead atoms. The fourth-order valence-corrected chi connectivity index (χ4v) is 3.97. The topological polar surface area (TPSA) is 18.5 Å². The average Bonchev–Trinajstić information content (AvgIpc) is 2.35. The monoisotopic (exact) mass is 440 g/mol. The molecule has 0 aliphatic carbocycles. The van der Waals surface area contributed by atoms with E-state index in [1.165, 1.54) is 0 Å². The molecule has 0 fully saturated rings. The standard InChI is InChI=1S/C15H23Br2FO2Si/c1-21(2,3)20-14(15(16,17)18)10-7-11-19-12-13-8-5-4-6-9-13/h4-6,8-9,14H,7,10-12H2,1-3H3. The quantitative estimate of drug-likeness (QED) is 0.281. The predicted octanol–water partition coefficient (Wildman–Crippen LogP) is 5.62. The first kappa shape index (κ1) is 19.3. The van der Waals surface area contributed by atoms with Gasteiger partial charge >= 0.3 is 0 Å². The number of rotatable bonds is 9. The van der Waals surface area contributed by atoms with Gasteiger partial charge in [-0.05, 0) is 69.9 Å². The zero-order valence-electron chi connectivity index (χ0n) is 12.7. The minimum Gasteiger partial charge on any atom is -0.410 e. The second kappa shape index (κ2) is 8.77. The van der Waals surface area contributed by atoms with Crippen molar-refractivity contribution in [2.45, 2.75) is 48.7 Å². The minimum atomic E-state index is -1.79. The highest BCUT2D eigenvalue weighted by atomic mass is 79.9. The Morgan fingerprint density at radius 1 is 1.19 bits per heavy atom. The maximum Gasteiger partial charge on any atom is 0.243 e. The van der Waals surface area contributed by atoms with E-state index in [2.05, 4.69) is 51.5 Å². The molecule has 0 amide bonds. The Balaban J connectivity index is 2.30. The Morgan fingerprint density at radius 3 is 2.33 bits per heavy atom. The molecule has 1 aromatic carbocycles. The maximum absolute atomic E-state index is 14.0. The number of hydrogen-bond donors (Lipinski definition) is 0. The summed E-state index contributed by atoms with van der Waals surface area (Å²) in [6.45, 7) is 7.34.